The molecule has 4 rings (SSSR count). The van der Waals surface area contributed by atoms with Crippen molar-refractivity contribution in [2.24, 2.45) is 11.3 Å². The van der Waals surface area contributed by atoms with Crippen LogP contribution in [-0.4, -0.2) is 25.0 Å². The van der Waals surface area contributed by atoms with Crippen LogP contribution >= 0.6 is 0 Å². The highest BCUT2D eigenvalue weighted by Crippen LogP contribution is 2.54. The van der Waals surface area contributed by atoms with Crippen molar-refractivity contribution in [3.8, 4) is 0 Å². The Bertz CT molecular complexity index is 602. The molecule has 1 aliphatic heterocycles. The highest BCUT2D eigenvalue weighted by molar-refractivity contribution is 5.63. The van der Waals surface area contributed by atoms with Crippen LogP contribution in [0.15, 0.2) is 54.6 Å². The van der Waals surface area contributed by atoms with Crippen molar-refractivity contribution in [3.63, 3.8) is 0 Å². The van der Waals surface area contributed by atoms with Gasteiger partial charge in [-0.05, 0) is 49.5 Å². The zero-order chi connectivity index (χ0) is 14.3. The van der Waals surface area contributed by atoms with E-state index in [1.54, 1.807) is 0 Å². The first-order valence-corrected chi connectivity index (χ1v) is 8.10. The van der Waals surface area contributed by atoms with Gasteiger partial charge in [0.15, 0.2) is 0 Å². The Balaban J connectivity index is 1.76. The molecule has 0 spiro atoms. The summed E-state index contributed by atoms with van der Waals surface area (Å²) in [7, 11) is 2.25. The van der Waals surface area contributed by atoms with E-state index in [9.17, 15) is 0 Å². The van der Waals surface area contributed by atoms with Crippen molar-refractivity contribution in [3.05, 3.63) is 65.8 Å². The summed E-state index contributed by atoms with van der Waals surface area (Å²) in [5.74, 6) is 1.16. The number of piperidine rings is 1. The molecule has 0 bridgehead atoms. The lowest BCUT2D eigenvalue weighted by molar-refractivity contribution is 0.0828. The lowest BCUT2D eigenvalue weighted by atomic mass is 9.60. The Morgan fingerprint density at radius 1 is 1.00 bits per heavy atom. The molecule has 1 atom stereocenters. The predicted octanol–water partition coefficient (Wildman–Crippen LogP) is 4.25. The monoisotopic (exact) mass is 277 g/mol. The van der Waals surface area contributed by atoms with Crippen LogP contribution in [0.4, 0.5) is 0 Å². The highest BCUT2D eigenvalue weighted by Gasteiger charge is 2.46. The average molecular weight is 277 g/mol. The van der Waals surface area contributed by atoms with Gasteiger partial charge >= 0.3 is 0 Å². The predicted molar refractivity (Wildman–Crippen MR) is 89.2 cm³/mol. The number of hydrogen-bond donors (Lipinski definition) is 0. The smallest absolute Gasteiger partial charge is 0.00933 e. The second-order valence-electron chi connectivity index (χ2n) is 6.80. The fourth-order valence-electron chi connectivity index (χ4n) is 4.45. The standard InChI is InChI=1S/C20H23N/c1-21-14-12-20(13-15-21,17-7-3-4-8-17)19-11-10-16-6-2-5-9-18(16)19/h2-11,17,19H,12-15H2,1H3. The van der Waals surface area contributed by atoms with Crippen LogP contribution in [0.3, 0.4) is 0 Å². The van der Waals surface area contributed by atoms with Crippen LogP contribution in [0.2, 0.25) is 0 Å². The summed E-state index contributed by atoms with van der Waals surface area (Å²) in [6, 6.07) is 8.95. The third-order valence-corrected chi connectivity index (χ3v) is 5.75. The van der Waals surface area contributed by atoms with Gasteiger partial charge in [0.1, 0.15) is 0 Å². The maximum atomic E-state index is 2.48. The van der Waals surface area contributed by atoms with E-state index >= 15 is 0 Å². The van der Waals surface area contributed by atoms with Gasteiger partial charge in [0.2, 0.25) is 0 Å². The number of benzene rings is 1. The maximum Gasteiger partial charge on any atom is 0.00933 e. The largest absolute Gasteiger partial charge is 0.306 e. The molecule has 0 aromatic heterocycles. The first-order valence-electron chi connectivity index (χ1n) is 8.10. The van der Waals surface area contributed by atoms with E-state index in [0.717, 1.165) is 0 Å². The van der Waals surface area contributed by atoms with E-state index in [0.29, 0.717) is 17.3 Å². The van der Waals surface area contributed by atoms with Crippen LogP contribution in [-0.2, 0) is 0 Å². The molecule has 0 radical (unpaired) electrons. The molecular formula is C20H23N. The zero-order valence-electron chi connectivity index (χ0n) is 12.7. The van der Waals surface area contributed by atoms with E-state index in [1.807, 2.05) is 0 Å². The molecule has 21 heavy (non-hydrogen) atoms. The first-order chi connectivity index (χ1) is 10.3. The highest BCUT2D eigenvalue weighted by atomic mass is 15.1. The van der Waals surface area contributed by atoms with Crippen LogP contribution in [0.5, 0.6) is 0 Å². The number of nitrogens with zero attached hydrogens (tertiary/aromatic N) is 1. The molecular weight excluding hydrogens is 254 g/mol. The van der Waals surface area contributed by atoms with Gasteiger partial charge in [0, 0.05) is 11.8 Å². The van der Waals surface area contributed by atoms with E-state index in [4.69, 9.17) is 0 Å². The maximum absolute atomic E-state index is 2.48. The van der Waals surface area contributed by atoms with Gasteiger partial charge < -0.3 is 4.90 Å². The molecule has 1 heteroatoms. The van der Waals surface area contributed by atoms with Gasteiger partial charge in [-0.2, -0.15) is 0 Å². The van der Waals surface area contributed by atoms with Crippen LogP contribution in [0.25, 0.3) is 6.08 Å². The van der Waals surface area contributed by atoms with E-state index < -0.39 is 0 Å². The second-order valence-corrected chi connectivity index (χ2v) is 6.80. The van der Waals surface area contributed by atoms with Crippen LogP contribution in [0.1, 0.15) is 29.9 Å². The molecule has 1 aromatic carbocycles. The summed E-state index contributed by atoms with van der Waals surface area (Å²) >= 11 is 0. The van der Waals surface area contributed by atoms with Crippen molar-refractivity contribution >= 4 is 6.08 Å². The summed E-state index contributed by atoms with van der Waals surface area (Å²) in [5, 5.41) is 0. The summed E-state index contributed by atoms with van der Waals surface area (Å²) < 4.78 is 0. The molecule has 108 valence electrons. The molecule has 1 saturated heterocycles. The van der Waals surface area contributed by atoms with Gasteiger partial charge in [-0.15, -0.1) is 0 Å². The Labute approximate surface area is 127 Å². The third-order valence-electron chi connectivity index (χ3n) is 5.75. The lowest BCUT2D eigenvalue weighted by Gasteiger charge is -2.47. The Morgan fingerprint density at radius 3 is 2.48 bits per heavy atom. The molecule has 1 heterocycles. The normalized spacial score (nSPS) is 27.4. The number of allylic oxidation sites excluding steroid dienone is 5. The molecule has 0 amide bonds. The van der Waals surface area contributed by atoms with Crippen molar-refractivity contribution in [1.29, 1.82) is 0 Å². The number of likely N-dealkylation sites (tertiary alicyclic amines) is 1. The molecule has 1 unspecified atom stereocenters. The number of fused-ring (bicyclic) bond motifs is 1. The molecule has 1 aromatic rings. The Morgan fingerprint density at radius 2 is 1.71 bits per heavy atom. The lowest BCUT2D eigenvalue weighted by Crippen LogP contribution is -2.44. The molecule has 0 saturated carbocycles. The fraction of sp³-hybridized carbons (Fsp3) is 0.400. The molecule has 1 nitrogen and oxygen atoms in total. The van der Waals surface area contributed by atoms with Crippen LogP contribution in [0, 0.1) is 11.3 Å². The topological polar surface area (TPSA) is 3.24 Å². The summed E-state index contributed by atoms with van der Waals surface area (Å²) in [6.45, 7) is 2.43. The summed E-state index contributed by atoms with van der Waals surface area (Å²) in [6.07, 6.45) is 16.7. The minimum atomic E-state index is 0.360. The first kappa shape index (κ1) is 13.1. The van der Waals surface area contributed by atoms with Crippen molar-refractivity contribution in [2.45, 2.75) is 18.8 Å². The second kappa shape index (κ2) is 4.99. The molecule has 1 fully saturated rings. The Kier molecular flexibility index (Phi) is 3.11. The summed E-state index contributed by atoms with van der Waals surface area (Å²) in [4.78, 5) is 2.48. The minimum Gasteiger partial charge on any atom is -0.306 e. The van der Waals surface area contributed by atoms with Crippen molar-refractivity contribution < 1.29 is 0 Å². The zero-order valence-corrected chi connectivity index (χ0v) is 12.7. The summed E-state index contributed by atoms with van der Waals surface area (Å²) in [5.41, 5.74) is 3.32. The van der Waals surface area contributed by atoms with Crippen molar-refractivity contribution in [2.75, 3.05) is 20.1 Å². The molecule has 0 N–H and O–H groups in total. The van der Waals surface area contributed by atoms with E-state index in [1.165, 1.54) is 37.1 Å². The minimum absolute atomic E-state index is 0.360. The van der Waals surface area contributed by atoms with Gasteiger partial charge in [0.05, 0.1) is 0 Å². The van der Waals surface area contributed by atoms with E-state index in [-0.39, 0.29) is 0 Å². The quantitative estimate of drug-likeness (QED) is 0.781. The molecule has 2 aliphatic carbocycles. The van der Waals surface area contributed by atoms with Gasteiger partial charge in [0.25, 0.3) is 0 Å². The molecule has 3 aliphatic rings. The third kappa shape index (κ3) is 2.03. The average Bonchev–Trinajstić information content (AvgIpc) is 3.18. The van der Waals surface area contributed by atoms with Gasteiger partial charge in [-0.1, -0.05) is 60.7 Å². The van der Waals surface area contributed by atoms with E-state index in [2.05, 4.69) is 72.7 Å². The van der Waals surface area contributed by atoms with Gasteiger partial charge in [-0.3, -0.25) is 0 Å². The number of hydrogen-bond acceptors (Lipinski definition) is 1. The SMILES string of the molecule is CN1CCC(C2C=CC=C2)(C2C=Cc3ccccc32)CC1. The van der Waals surface area contributed by atoms with Gasteiger partial charge in [-0.25, -0.2) is 0 Å². The fourth-order valence-corrected chi connectivity index (χ4v) is 4.45. The Hall–Kier alpha value is -1.60. The van der Waals surface area contributed by atoms with Crippen molar-refractivity contribution in [1.82, 2.24) is 4.90 Å². The van der Waals surface area contributed by atoms with Crippen LogP contribution < -0.4 is 0 Å². The number of rotatable bonds is 2.